The van der Waals surface area contributed by atoms with Gasteiger partial charge >= 0.3 is 0 Å². The van der Waals surface area contributed by atoms with E-state index in [1.807, 2.05) is 31.2 Å². The number of carbonyl (C=O) groups excluding carboxylic acids is 1. The Balaban J connectivity index is 1.93. The van der Waals surface area contributed by atoms with Crippen molar-refractivity contribution in [3.05, 3.63) is 64.5 Å². The summed E-state index contributed by atoms with van der Waals surface area (Å²) in [6, 6.07) is 11.2. The number of aromatic nitrogens is 3. The van der Waals surface area contributed by atoms with Crippen molar-refractivity contribution < 1.29 is 4.79 Å². The number of carbonyl (C=O) groups is 1. The van der Waals surface area contributed by atoms with Crippen LogP contribution in [-0.4, -0.2) is 21.1 Å². The van der Waals surface area contributed by atoms with Crippen molar-refractivity contribution in [2.24, 2.45) is 0 Å². The number of rotatable bonds is 3. The molecule has 3 rings (SSSR count). The van der Waals surface area contributed by atoms with E-state index in [-0.39, 0.29) is 5.91 Å². The third-order valence-electron chi connectivity index (χ3n) is 3.24. The molecule has 0 aliphatic carbocycles. The number of hydrogen-bond donors (Lipinski definition) is 2. The highest BCUT2D eigenvalue weighted by Gasteiger charge is 2.15. The van der Waals surface area contributed by atoms with E-state index >= 15 is 0 Å². The molecule has 3 aromatic rings. The van der Waals surface area contributed by atoms with Crippen molar-refractivity contribution in [1.82, 2.24) is 15.2 Å². The zero-order valence-electron chi connectivity index (χ0n) is 11.8. The second kappa shape index (κ2) is 6.11. The van der Waals surface area contributed by atoms with Crippen LogP contribution in [-0.2, 0) is 0 Å². The SMILES string of the molecule is Cc1n[nH]c(-c2ccc(Br)cc2)c1NC(=O)c1cccnc1. The van der Waals surface area contributed by atoms with E-state index in [2.05, 4.69) is 36.4 Å². The molecule has 0 unspecified atom stereocenters. The molecule has 2 N–H and O–H groups in total. The van der Waals surface area contributed by atoms with Crippen molar-refractivity contribution in [3.63, 3.8) is 0 Å². The maximum Gasteiger partial charge on any atom is 0.257 e. The zero-order valence-corrected chi connectivity index (χ0v) is 13.4. The molecule has 0 aliphatic heterocycles. The normalized spacial score (nSPS) is 10.5. The Morgan fingerprint density at radius 3 is 2.68 bits per heavy atom. The third-order valence-corrected chi connectivity index (χ3v) is 3.77. The summed E-state index contributed by atoms with van der Waals surface area (Å²) in [7, 11) is 0. The number of amides is 1. The van der Waals surface area contributed by atoms with Crippen LogP contribution in [0.5, 0.6) is 0 Å². The van der Waals surface area contributed by atoms with E-state index in [0.29, 0.717) is 11.3 Å². The van der Waals surface area contributed by atoms with Gasteiger partial charge in [0, 0.05) is 22.4 Å². The van der Waals surface area contributed by atoms with E-state index in [9.17, 15) is 4.79 Å². The van der Waals surface area contributed by atoms with Gasteiger partial charge in [-0.15, -0.1) is 0 Å². The zero-order chi connectivity index (χ0) is 15.5. The Hall–Kier alpha value is -2.47. The maximum atomic E-state index is 12.3. The van der Waals surface area contributed by atoms with E-state index in [1.54, 1.807) is 18.3 Å². The lowest BCUT2D eigenvalue weighted by Crippen LogP contribution is -2.13. The molecule has 0 saturated heterocycles. The molecular formula is C16H13BrN4O. The number of hydrogen-bond acceptors (Lipinski definition) is 3. The Morgan fingerprint density at radius 2 is 2.00 bits per heavy atom. The number of aryl methyl sites for hydroxylation is 1. The fourth-order valence-corrected chi connectivity index (χ4v) is 2.36. The number of aromatic amines is 1. The Kier molecular flexibility index (Phi) is 4.02. The lowest BCUT2D eigenvalue weighted by molar-refractivity contribution is 0.102. The highest BCUT2D eigenvalue weighted by atomic mass is 79.9. The first kappa shape index (κ1) is 14.5. The van der Waals surface area contributed by atoms with Crippen molar-refractivity contribution >= 4 is 27.5 Å². The maximum absolute atomic E-state index is 12.3. The summed E-state index contributed by atoms with van der Waals surface area (Å²) in [5, 5.41) is 10.1. The highest BCUT2D eigenvalue weighted by Crippen LogP contribution is 2.29. The molecule has 0 fully saturated rings. The molecule has 110 valence electrons. The highest BCUT2D eigenvalue weighted by molar-refractivity contribution is 9.10. The topological polar surface area (TPSA) is 70.7 Å². The number of anilines is 1. The molecule has 0 aliphatic rings. The third kappa shape index (κ3) is 2.92. The number of pyridine rings is 1. The molecule has 1 amide bonds. The molecule has 1 aromatic carbocycles. The van der Waals surface area contributed by atoms with Gasteiger partial charge in [-0.1, -0.05) is 28.1 Å². The average Bonchev–Trinajstić information content (AvgIpc) is 2.90. The van der Waals surface area contributed by atoms with Crippen molar-refractivity contribution in [2.75, 3.05) is 5.32 Å². The smallest absolute Gasteiger partial charge is 0.257 e. The number of nitrogens with zero attached hydrogens (tertiary/aromatic N) is 2. The molecule has 0 atom stereocenters. The van der Waals surface area contributed by atoms with Crippen LogP contribution >= 0.6 is 15.9 Å². The molecule has 5 nitrogen and oxygen atoms in total. The summed E-state index contributed by atoms with van der Waals surface area (Å²) in [5.74, 6) is -0.212. The van der Waals surface area contributed by atoms with Gasteiger partial charge in [0.1, 0.15) is 0 Å². The van der Waals surface area contributed by atoms with Gasteiger partial charge in [-0.2, -0.15) is 5.10 Å². The largest absolute Gasteiger partial charge is 0.318 e. The minimum Gasteiger partial charge on any atom is -0.318 e. The summed E-state index contributed by atoms with van der Waals surface area (Å²) in [6.45, 7) is 1.84. The summed E-state index contributed by atoms with van der Waals surface area (Å²) in [4.78, 5) is 16.3. The van der Waals surface area contributed by atoms with E-state index in [1.165, 1.54) is 6.20 Å². The van der Waals surface area contributed by atoms with Crippen LogP contribution < -0.4 is 5.32 Å². The Bertz CT molecular complexity index is 797. The minimum atomic E-state index is -0.212. The standard InChI is InChI=1S/C16H13BrN4O/c1-10-14(19-16(22)12-3-2-8-18-9-12)15(21-20-10)11-4-6-13(17)7-5-11/h2-9H,1H3,(H,19,22)(H,20,21). The van der Waals surface area contributed by atoms with Crippen LogP contribution in [0, 0.1) is 6.92 Å². The summed E-state index contributed by atoms with van der Waals surface area (Å²) < 4.78 is 0.994. The first-order valence-electron chi connectivity index (χ1n) is 6.67. The fourth-order valence-electron chi connectivity index (χ4n) is 2.09. The van der Waals surface area contributed by atoms with Crippen LogP contribution in [0.2, 0.25) is 0 Å². The number of halogens is 1. The van der Waals surface area contributed by atoms with E-state index in [4.69, 9.17) is 0 Å². The first-order valence-corrected chi connectivity index (χ1v) is 7.47. The molecular weight excluding hydrogens is 344 g/mol. The Morgan fingerprint density at radius 1 is 1.23 bits per heavy atom. The van der Waals surface area contributed by atoms with Crippen LogP contribution in [0.1, 0.15) is 16.1 Å². The quantitative estimate of drug-likeness (QED) is 0.749. The lowest BCUT2D eigenvalue weighted by Gasteiger charge is -2.07. The molecule has 0 bridgehead atoms. The van der Waals surface area contributed by atoms with Crippen molar-refractivity contribution in [2.45, 2.75) is 6.92 Å². The Labute approximate surface area is 135 Å². The van der Waals surface area contributed by atoms with Crippen molar-refractivity contribution in [3.8, 4) is 11.3 Å². The first-order chi connectivity index (χ1) is 10.6. The van der Waals surface area contributed by atoms with Gasteiger partial charge in [0.05, 0.1) is 22.6 Å². The molecule has 0 saturated carbocycles. The molecule has 2 aromatic heterocycles. The van der Waals surface area contributed by atoms with Gasteiger partial charge in [0.15, 0.2) is 0 Å². The summed E-state index contributed by atoms with van der Waals surface area (Å²) >= 11 is 3.41. The van der Waals surface area contributed by atoms with Gasteiger partial charge in [-0.05, 0) is 31.2 Å². The predicted molar refractivity (Wildman–Crippen MR) is 88.7 cm³/mol. The average molecular weight is 357 g/mol. The number of benzene rings is 1. The van der Waals surface area contributed by atoms with E-state index < -0.39 is 0 Å². The molecule has 2 heterocycles. The van der Waals surface area contributed by atoms with Crippen molar-refractivity contribution in [1.29, 1.82) is 0 Å². The van der Waals surface area contributed by atoms with Gasteiger partial charge in [0.25, 0.3) is 5.91 Å². The number of nitrogens with one attached hydrogen (secondary N) is 2. The van der Waals surface area contributed by atoms with Gasteiger partial charge < -0.3 is 5.32 Å². The van der Waals surface area contributed by atoms with Crippen LogP contribution in [0.4, 0.5) is 5.69 Å². The minimum absolute atomic E-state index is 0.212. The molecule has 22 heavy (non-hydrogen) atoms. The lowest BCUT2D eigenvalue weighted by atomic mass is 10.1. The molecule has 6 heteroatoms. The van der Waals surface area contributed by atoms with Gasteiger partial charge in [-0.25, -0.2) is 0 Å². The molecule has 0 spiro atoms. The fraction of sp³-hybridized carbons (Fsp3) is 0.0625. The van der Waals surface area contributed by atoms with Gasteiger partial charge in [0.2, 0.25) is 0 Å². The van der Waals surface area contributed by atoms with Crippen LogP contribution in [0.15, 0.2) is 53.3 Å². The predicted octanol–water partition coefficient (Wildman–Crippen LogP) is 3.79. The van der Waals surface area contributed by atoms with E-state index in [0.717, 1.165) is 21.4 Å². The monoisotopic (exact) mass is 356 g/mol. The van der Waals surface area contributed by atoms with Crippen LogP contribution in [0.25, 0.3) is 11.3 Å². The molecule has 0 radical (unpaired) electrons. The summed E-state index contributed by atoms with van der Waals surface area (Å²) in [6.07, 6.45) is 3.16. The van der Waals surface area contributed by atoms with Gasteiger partial charge in [-0.3, -0.25) is 14.9 Å². The van der Waals surface area contributed by atoms with Crippen LogP contribution in [0.3, 0.4) is 0 Å². The number of H-pyrrole nitrogens is 1. The second-order valence-electron chi connectivity index (χ2n) is 4.76. The second-order valence-corrected chi connectivity index (χ2v) is 5.68. The summed E-state index contributed by atoms with van der Waals surface area (Å²) in [5.41, 5.74) is 3.64.